The molecule has 0 saturated carbocycles. The minimum absolute atomic E-state index is 0.0112. The summed E-state index contributed by atoms with van der Waals surface area (Å²) in [6, 6.07) is 11.0. The Labute approximate surface area is 213 Å². The van der Waals surface area contributed by atoms with E-state index in [4.69, 9.17) is 0 Å². The molecule has 13 heteroatoms. The van der Waals surface area contributed by atoms with E-state index in [2.05, 4.69) is 30.2 Å². The van der Waals surface area contributed by atoms with Gasteiger partial charge in [0.2, 0.25) is 5.91 Å². The van der Waals surface area contributed by atoms with Gasteiger partial charge >= 0.3 is 0 Å². The fourth-order valence-corrected chi connectivity index (χ4v) is 4.70. The first-order chi connectivity index (χ1) is 17.4. The summed E-state index contributed by atoms with van der Waals surface area (Å²) in [6.45, 7) is 8.66. The molecule has 1 unspecified atom stereocenters. The van der Waals surface area contributed by atoms with Crippen molar-refractivity contribution < 1.29 is 13.2 Å². The van der Waals surface area contributed by atoms with E-state index in [0.29, 0.717) is 23.0 Å². The number of benzene rings is 1. The van der Waals surface area contributed by atoms with Crippen LogP contribution in [0.1, 0.15) is 35.9 Å². The van der Waals surface area contributed by atoms with Gasteiger partial charge in [-0.05, 0) is 71.0 Å². The molecule has 0 saturated heterocycles. The lowest BCUT2D eigenvalue weighted by molar-refractivity contribution is -0.119. The molecule has 0 radical (unpaired) electrons. The van der Waals surface area contributed by atoms with Crippen LogP contribution in [0.4, 0.5) is 11.5 Å². The molecule has 0 aliphatic carbocycles. The molecule has 0 aliphatic heterocycles. The number of rotatable bonds is 7. The largest absolute Gasteiger partial charge is 0.324 e. The predicted molar refractivity (Wildman–Crippen MR) is 137 cm³/mol. The van der Waals surface area contributed by atoms with Gasteiger partial charge in [0.1, 0.15) is 17.7 Å². The van der Waals surface area contributed by atoms with Gasteiger partial charge in [0.15, 0.2) is 5.82 Å². The zero-order valence-corrected chi connectivity index (χ0v) is 21.7. The van der Waals surface area contributed by atoms with Crippen LogP contribution in [-0.2, 0) is 14.8 Å². The van der Waals surface area contributed by atoms with Crippen LogP contribution in [0.5, 0.6) is 0 Å². The van der Waals surface area contributed by atoms with Crippen molar-refractivity contribution in [2.24, 2.45) is 0 Å². The molecule has 0 spiro atoms. The molecule has 0 bridgehead atoms. The van der Waals surface area contributed by atoms with Gasteiger partial charge in [0.25, 0.3) is 15.6 Å². The Kier molecular flexibility index (Phi) is 6.90. The van der Waals surface area contributed by atoms with E-state index < -0.39 is 27.5 Å². The number of sulfonamides is 1. The van der Waals surface area contributed by atoms with Crippen LogP contribution in [0, 0.1) is 27.7 Å². The number of amides is 1. The average Bonchev–Trinajstić information content (AvgIpc) is 3.16. The van der Waals surface area contributed by atoms with Crippen LogP contribution in [0.15, 0.2) is 58.2 Å². The quantitative estimate of drug-likeness (QED) is 0.375. The summed E-state index contributed by atoms with van der Waals surface area (Å²) in [5.74, 6) is 0.512. The molecule has 2 N–H and O–H groups in total. The molecule has 0 fully saturated rings. The molecule has 0 aliphatic rings. The van der Waals surface area contributed by atoms with Gasteiger partial charge in [-0.15, -0.1) is 5.10 Å². The molecule has 1 amide bonds. The topological polar surface area (TPSA) is 154 Å². The monoisotopic (exact) mass is 522 g/mol. The van der Waals surface area contributed by atoms with E-state index in [1.807, 2.05) is 19.9 Å². The number of carbonyl (C=O) groups is 1. The Bertz CT molecular complexity index is 1620. The maximum atomic E-state index is 12.9. The first-order valence-electron chi connectivity index (χ1n) is 11.3. The smallest absolute Gasteiger partial charge is 0.267 e. The number of nitrogens with one attached hydrogen (secondary N) is 2. The molecule has 192 valence electrons. The summed E-state index contributed by atoms with van der Waals surface area (Å²) in [7, 11) is -3.91. The Hall–Kier alpha value is -4.39. The highest BCUT2D eigenvalue weighted by Crippen LogP contribution is 2.19. The average molecular weight is 523 g/mol. The maximum absolute atomic E-state index is 12.9. The summed E-state index contributed by atoms with van der Waals surface area (Å²) >= 11 is 0. The standard InChI is InChI=1S/C24H26N8O4S/c1-14-13-21(26-18(5)25-14)30-37(35,36)20-8-6-19(7-9-20)27-24(34)17(4)32-23(33)11-10-22(29-32)31-16(3)12-15(2)28-31/h6-13,17H,1-5H3,(H,27,34)(H,25,26,30). The molecule has 4 aromatic rings. The second-order valence-corrected chi connectivity index (χ2v) is 10.2. The van der Waals surface area contributed by atoms with Gasteiger partial charge in [0.05, 0.1) is 10.6 Å². The van der Waals surface area contributed by atoms with Crippen LogP contribution < -0.4 is 15.6 Å². The first kappa shape index (κ1) is 25.7. The van der Waals surface area contributed by atoms with E-state index in [0.717, 1.165) is 16.1 Å². The SMILES string of the molecule is Cc1cc(NS(=O)(=O)c2ccc(NC(=O)C(C)n3nc(-n4nc(C)cc4C)ccc3=O)cc2)nc(C)n1. The summed E-state index contributed by atoms with van der Waals surface area (Å²) < 4.78 is 30.6. The predicted octanol–water partition coefficient (Wildman–Crippen LogP) is 2.45. The molecule has 1 aromatic carbocycles. The van der Waals surface area contributed by atoms with E-state index in [1.165, 1.54) is 36.4 Å². The van der Waals surface area contributed by atoms with E-state index in [1.54, 1.807) is 31.5 Å². The van der Waals surface area contributed by atoms with Crippen molar-refractivity contribution in [2.75, 3.05) is 10.0 Å². The van der Waals surface area contributed by atoms with Crippen LogP contribution in [0.2, 0.25) is 0 Å². The fraction of sp³-hybridized carbons (Fsp3) is 0.250. The summed E-state index contributed by atoms with van der Waals surface area (Å²) in [5.41, 5.74) is 2.17. The zero-order chi connectivity index (χ0) is 26.9. The van der Waals surface area contributed by atoms with Gasteiger partial charge < -0.3 is 5.32 Å². The number of nitrogens with zero attached hydrogens (tertiary/aromatic N) is 6. The normalized spacial score (nSPS) is 12.2. The number of anilines is 2. The van der Waals surface area contributed by atoms with E-state index in [9.17, 15) is 18.0 Å². The highest BCUT2D eigenvalue weighted by atomic mass is 32.2. The van der Waals surface area contributed by atoms with Gasteiger partial charge in [0, 0.05) is 29.2 Å². The summed E-state index contributed by atoms with van der Waals surface area (Å²) in [5, 5.41) is 11.4. The fourth-order valence-electron chi connectivity index (χ4n) is 3.71. The lowest BCUT2D eigenvalue weighted by Crippen LogP contribution is -2.33. The second kappa shape index (κ2) is 9.93. The summed E-state index contributed by atoms with van der Waals surface area (Å²) in [6.07, 6.45) is 0. The van der Waals surface area contributed by atoms with Crippen molar-refractivity contribution >= 4 is 27.4 Å². The van der Waals surface area contributed by atoms with E-state index in [-0.39, 0.29) is 10.7 Å². The highest BCUT2D eigenvalue weighted by Gasteiger charge is 2.20. The Morgan fingerprint density at radius 1 is 0.919 bits per heavy atom. The van der Waals surface area contributed by atoms with Crippen molar-refractivity contribution in [3.63, 3.8) is 0 Å². The number of aromatic nitrogens is 6. The first-order valence-corrected chi connectivity index (χ1v) is 12.8. The Morgan fingerprint density at radius 2 is 1.62 bits per heavy atom. The Morgan fingerprint density at radius 3 is 2.24 bits per heavy atom. The number of hydrogen-bond acceptors (Lipinski definition) is 8. The van der Waals surface area contributed by atoms with Crippen LogP contribution in [-0.4, -0.2) is 43.9 Å². The molecule has 3 heterocycles. The van der Waals surface area contributed by atoms with Crippen molar-refractivity contribution in [3.8, 4) is 5.82 Å². The van der Waals surface area contributed by atoms with Crippen molar-refractivity contribution in [1.29, 1.82) is 0 Å². The lowest BCUT2D eigenvalue weighted by Gasteiger charge is -2.15. The molecule has 1 atom stereocenters. The highest BCUT2D eigenvalue weighted by molar-refractivity contribution is 7.92. The lowest BCUT2D eigenvalue weighted by atomic mass is 10.2. The van der Waals surface area contributed by atoms with E-state index >= 15 is 0 Å². The molecule has 3 aromatic heterocycles. The zero-order valence-electron chi connectivity index (χ0n) is 20.9. The minimum atomic E-state index is -3.91. The van der Waals surface area contributed by atoms with Crippen LogP contribution in [0.3, 0.4) is 0 Å². The molecular weight excluding hydrogens is 496 g/mol. The van der Waals surface area contributed by atoms with Gasteiger partial charge in [-0.2, -0.15) is 5.10 Å². The maximum Gasteiger partial charge on any atom is 0.267 e. The van der Waals surface area contributed by atoms with Gasteiger partial charge in [-0.25, -0.2) is 27.7 Å². The second-order valence-electron chi connectivity index (χ2n) is 8.55. The van der Waals surface area contributed by atoms with Crippen molar-refractivity contribution in [1.82, 2.24) is 29.5 Å². The van der Waals surface area contributed by atoms with Crippen molar-refractivity contribution in [3.05, 3.63) is 81.8 Å². The number of aryl methyl sites for hydroxylation is 4. The molecule has 37 heavy (non-hydrogen) atoms. The third-order valence-corrected chi connectivity index (χ3v) is 6.79. The molecular formula is C24H26N8O4S. The summed E-state index contributed by atoms with van der Waals surface area (Å²) in [4.78, 5) is 33.5. The molecule has 12 nitrogen and oxygen atoms in total. The van der Waals surface area contributed by atoms with Crippen molar-refractivity contribution in [2.45, 2.75) is 45.6 Å². The number of carbonyl (C=O) groups excluding carboxylic acids is 1. The number of hydrogen-bond donors (Lipinski definition) is 2. The van der Waals surface area contributed by atoms with Gasteiger partial charge in [-0.3, -0.25) is 14.3 Å². The Balaban J connectivity index is 1.49. The third kappa shape index (κ3) is 5.72. The van der Waals surface area contributed by atoms with Crippen LogP contribution >= 0.6 is 0 Å². The third-order valence-electron chi connectivity index (χ3n) is 5.42. The van der Waals surface area contributed by atoms with Crippen LogP contribution in [0.25, 0.3) is 5.82 Å². The van der Waals surface area contributed by atoms with Gasteiger partial charge in [-0.1, -0.05) is 0 Å². The molecule has 4 rings (SSSR count). The minimum Gasteiger partial charge on any atom is -0.324 e.